The van der Waals surface area contributed by atoms with E-state index in [-0.39, 0.29) is 14.9 Å². The standard InChI is InChI=1S/C3H6O4.2CH4/c1-6-3(5)7-2-4;;/h4H,2H2,1H3;2*1H4. The largest absolute Gasteiger partial charge is 0.510 e. The summed E-state index contributed by atoms with van der Waals surface area (Å²) in [6, 6.07) is 0. The van der Waals surface area contributed by atoms with Crippen LogP contribution in [0, 0.1) is 0 Å². The van der Waals surface area contributed by atoms with Crippen LogP contribution in [-0.2, 0) is 9.47 Å². The molecule has 0 spiro atoms. The van der Waals surface area contributed by atoms with Crippen LogP contribution in [0.3, 0.4) is 0 Å². The van der Waals surface area contributed by atoms with Crippen LogP contribution in [0.4, 0.5) is 4.79 Å². The summed E-state index contributed by atoms with van der Waals surface area (Å²) in [7, 11) is 1.16. The van der Waals surface area contributed by atoms with E-state index in [1.165, 1.54) is 0 Å². The summed E-state index contributed by atoms with van der Waals surface area (Å²) in [4.78, 5) is 9.81. The quantitative estimate of drug-likeness (QED) is 0.433. The van der Waals surface area contributed by atoms with Gasteiger partial charge in [0.25, 0.3) is 0 Å². The van der Waals surface area contributed by atoms with Crippen molar-refractivity contribution in [1.29, 1.82) is 0 Å². The summed E-state index contributed by atoms with van der Waals surface area (Å²) in [6.45, 7) is -0.632. The van der Waals surface area contributed by atoms with Crippen molar-refractivity contribution in [3.05, 3.63) is 0 Å². The molecule has 9 heavy (non-hydrogen) atoms. The Labute approximate surface area is 55.4 Å². The lowest BCUT2D eigenvalue weighted by atomic mass is 11.3. The number of methoxy groups -OCH3 is 1. The molecular weight excluding hydrogens is 124 g/mol. The van der Waals surface area contributed by atoms with Crippen molar-refractivity contribution >= 4 is 6.16 Å². The van der Waals surface area contributed by atoms with Gasteiger partial charge in [0.15, 0.2) is 6.79 Å². The molecule has 0 rings (SSSR count). The van der Waals surface area contributed by atoms with Gasteiger partial charge in [0, 0.05) is 0 Å². The lowest BCUT2D eigenvalue weighted by molar-refractivity contribution is 0.00373. The molecule has 0 aliphatic rings. The zero-order valence-corrected chi connectivity index (χ0v) is 3.88. The number of rotatable bonds is 1. The number of ether oxygens (including phenoxy) is 2. The van der Waals surface area contributed by atoms with E-state index in [2.05, 4.69) is 9.47 Å². The fraction of sp³-hybridized carbons (Fsp3) is 0.800. The van der Waals surface area contributed by atoms with Gasteiger partial charge in [-0.15, -0.1) is 0 Å². The Morgan fingerprint density at radius 2 is 2.00 bits per heavy atom. The maximum absolute atomic E-state index is 9.81. The molecule has 0 saturated carbocycles. The molecule has 0 radical (unpaired) electrons. The van der Waals surface area contributed by atoms with Crippen LogP contribution < -0.4 is 0 Å². The monoisotopic (exact) mass is 138 g/mol. The maximum Gasteiger partial charge on any atom is 0.510 e. The highest BCUT2D eigenvalue weighted by Crippen LogP contribution is 1.76. The van der Waals surface area contributed by atoms with Gasteiger partial charge >= 0.3 is 6.16 Å². The average molecular weight is 138 g/mol. The maximum atomic E-state index is 9.81. The molecule has 0 aliphatic carbocycles. The summed E-state index contributed by atoms with van der Waals surface area (Å²) in [5.41, 5.74) is 0. The van der Waals surface area contributed by atoms with Crippen molar-refractivity contribution in [3.8, 4) is 0 Å². The highest BCUT2D eigenvalue weighted by Gasteiger charge is 1.93. The molecule has 0 aromatic carbocycles. The van der Waals surface area contributed by atoms with Crippen molar-refractivity contribution in [3.63, 3.8) is 0 Å². The van der Waals surface area contributed by atoms with Gasteiger partial charge in [0.1, 0.15) is 0 Å². The molecule has 0 heterocycles. The third kappa shape index (κ3) is 11.1. The van der Waals surface area contributed by atoms with E-state index >= 15 is 0 Å². The van der Waals surface area contributed by atoms with Gasteiger partial charge in [-0.2, -0.15) is 0 Å². The van der Waals surface area contributed by atoms with Crippen LogP contribution in [0.15, 0.2) is 0 Å². The third-order valence-electron chi connectivity index (χ3n) is 0.349. The van der Waals surface area contributed by atoms with Crippen LogP contribution in [0.1, 0.15) is 14.9 Å². The first-order valence-electron chi connectivity index (χ1n) is 1.63. The van der Waals surface area contributed by atoms with E-state index in [4.69, 9.17) is 5.11 Å². The van der Waals surface area contributed by atoms with Crippen molar-refractivity contribution < 1.29 is 19.4 Å². The molecule has 0 amide bonds. The molecule has 4 nitrogen and oxygen atoms in total. The van der Waals surface area contributed by atoms with Gasteiger partial charge in [0.05, 0.1) is 7.11 Å². The van der Waals surface area contributed by atoms with Crippen LogP contribution >= 0.6 is 0 Å². The summed E-state index contributed by atoms with van der Waals surface area (Å²) < 4.78 is 7.85. The first-order chi connectivity index (χ1) is 3.31. The van der Waals surface area contributed by atoms with Crippen LogP contribution in [0.5, 0.6) is 0 Å². The minimum Gasteiger partial charge on any atom is -0.438 e. The van der Waals surface area contributed by atoms with Gasteiger partial charge in [-0.1, -0.05) is 14.9 Å². The molecule has 0 bridgehead atoms. The molecule has 4 heteroatoms. The Hall–Kier alpha value is -0.770. The van der Waals surface area contributed by atoms with Gasteiger partial charge < -0.3 is 14.6 Å². The van der Waals surface area contributed by atoms with Gasteiger partial charge in [-0.05, 0) is 0 Å². The number of aliphatic hydroxyl groups is 1. The topological polar surface area (TPSA) is 55.8 Å². The number of aliphatic hydroxyl groups excluding tert-OH is 1. The van der Waals surface area contributed by atoms with Crippen LogP contribution in [0.2, 0.25) is 0 Å². The molecule has 0 saturated heterocycles. The molecular formula is C5H14O4. The lowest BCUT2D eigenvalue weighted by Crippen LogP contribution is -2.03. The molecule has 0 aromatic heterocycles. The van der Waals surface area contributed by atoms with E-state index in [1.807, 2.05) is 0 Å². The Morgan fingerprint density at radius 1 is 1.56 bits per heavy atom. The molecule has 0 aromatic rings. The Kier molecular flexibility index (Phi) is 17.9. The molecule has 0 unspecified atom stereocenters. The minimum atomic E-state index is -0.873. The van der Waals surface area contributed by atoms with Crippen molar-refractivity contribution in [2.45, 2.75) is 14.9 Å². The zero-order chi connectivity index (χ0) is 5.70. The van der Waals surface area contributed by atoms with Crippen molar-refractivity contribution in [2.75, 3.05) is 13.9 Å². The van der Waals surface area contributed by atoms with E-state index in [1.54, 1.807) is 0 Å². The second-order valence-electron chi connectivity index (χ2n) is 0.728. The zero-order valence-electron chi connectivity index (χ0n) is 3.88. The first kappa shape index (κ1) is 15.7. The van der Waals surface area contributed by atoms with Crippen molar-refractivity contribution in [1.82, 2.24) is 0 Å². The number of hydrogen-bond acceptors (Lipinski definition) is 4. The molecule has 0 aliphatic heterocycles. The number of hydrogen-bond donors (Lipinski definition) is 1. The fourth-order valence-electron chi connectivity index (χ4n) is 0.112. The minimum absolute atomic E-state index is 0. The summed E-state index contributed by atoms with van der Waals surface area (Å²) in [5, 5.41) is 7.84. The SMILES string of the molecule is C.C.COC(=O)OCO. The predicted octanol–water partition coefficient (Wildman–Crippen LogP) is 0.991. The summed E-state index contributed by atoms with van der Waals surface area (Å²) >= 11 is 0. The molecule has 1 N–H and O–H groups in total. The third-order valence-corrected chi connectivity index (χ3v) is 0.349. The number of carbonyl (C=O) groups excluding carboxylic acids is 1. The molecule has 0 fully saturated rings. The average Bonchev–Trinajstić information content (AvgIpc) is 1.68. The molecule has 58 valence electrons. The van der Waals surface area contributed by atoms with Gasteiger partial charge in [0.2, 0.25) is 0 Å². The second kappa shape index (κ2) is 10.3. The normalized spacial score (nSPS) is 6.00. The lowest BCUT2D eigenvalue weighted by Gasteiger charge is -1.94. The van der Waals surface area contributed by atoms with Crippen molar-refractivity contribution in [2.24, 2.45) is 0 Å². The Bertz CT molecular complexity index is 62.0. The van der Waals surface area contributed by atoms with Crippen LogP contribution in [0.25, 0.3) is 0 Å². The molecule has 0 atom stereocenters. The fourth-order valence-corrected chi connectivity index (χ4v) is 0.112. The predicted molar refractivity (Wildman–Crippen MR) is 34.0 cm³/mol. The van der Waals surface area contributed by atoms with Gasteiger partial charge in [-0.3, -0.25) is 0 Å². The second-order valence-corrected chi connectivity index (χ2v) is 0.728. The van der Waals surface area contributed by atoms with E-state index in [9.17, 15) is 4.79 Å². The highest BCUT2D eigenvalue weighted by atomic mass is 16.7. The summed E-state index contributed by atoms with van der Waals surface area (Å²) in [6.07, 6.45) is -0.873. The van der Waals surface area contributed by atoms with E-state index in [0.29, 0.717) is 0 Å². The Balaban J connectivity index is -0.000000180. The summed E-state index contributed by atoms with van der Waals surface area (Å²) in [5.74, 6) is 0. The highest BCUT2D eigenvalue weighted by molar-refractivity contribution is 5.59. The van der Waals surface area contributed by atoms with E-state index < -0.39 is 12.9 Å². The number of carbonyl (C=O) groups is 1. The first-order valence-corrected chi connectivity index (χ1v) is 1.63. The van der Waals surface area contributed by atoms with Gasteiger partial charge in [-0.25, -0.2) is 4.79 Å². The van der Waals surface area contributed by atoms with E-state index in [0.717, 1.165) is 7.11 Å². The van der Waals surface area contributed by atoms with Crippen LogP contribution in [-0.4, -0.2) is 25.2 Å². The smallest absolute Gasteiger partial charge is 0.438 e. The Morgan fingerprint density at radius 3 is 2.11 bits per heavy atom.